The fraction of sp³-hybridized carbons (Fsp3) is 0.208. The first-order chi connectivity index (χ1) is 15.0. The summed E-state index contributed by atoms with van der Waals surface area (Å²) < 4.78 is 13.4. The van der Waals surface area contributed by atoms with Crippen LogP contribution in [0.2, 0.25) is 0 Å². The van der Waals surface area contributed by atoms with Crippen molar-refractivity contribution in [2.45, 2.75) is 32.4 Å². The number of nitrogen functional groups attached to an aromatic ring is 1. The molecule has 4 aromatic rings. The maximum absolute atomic E-state index is 13.4. The Morgan fingerprint density at radius 1 is 1.00 bits per heavy atom. The van der Waals surface area contributed by atoms with Crippen LogP contribution in [0.1, 0.15) is 31.3 Å². The topological polar surface area (TPSA) is 92.5 Å². The second-order valence-electron chi connectivity index (χ2n) is 7.62. The fourth-order valence-electron chi connectivity index (χ4n) is 3.65. The third-order valence-corrected chi connectivity index (χ3v) is 5.13. The molecule has 158 valence electrons. The SMILES string of the molecule is CC(Cc1nc(-c2ccc(F)cc2)c(-c2ccnc(N)n2)[nH]1)NC(C)c1ccccc1. The van der Waals surface area contributed by atoms with E-state index in [1.165, 1.54) is 17.7 Å². The number of halogens is 1. The molecule has 0 bridgehead atoms. The number of hydrogen-bond acceptors (Lipinski definition) is 5. The summed E-state index contributed by atoms with van der Waals surface area (Å²) in [5.41, 5.74) is 9.90. The highest BCUT2D eigenvalue weighted by atomic mass is 19.1. The second-order valence-corrected chi connectivity index (χ2v) is 7.62. The molecule has 2 heterocycles. The Balaban J connectivity index is 1.61. The summed E-state index contributed by atoms with van der Waals surface area (Å²) in [6.07, 6.45) is 2.30. The van der Waals surface area contributed by atoms with Crippen LogP contribution in [0.25, 0.3) is 22.6 Å². The maximum Gasteiger partial charge on any atom is 0.220 e. The number of nitrogens with two attached hydrogens (primary N) is 1. The predicted molar refractivity (Wildman–Crippen MR) is 121 cm³/mol. The van der Waals surface area contributed by atoms with Gasteiger partial charge in [0.25, 0.3) is 0 Å². The van der Waals surface area contributed by atoms with Gasteiger partial charge in [0.15, 0.2) is 0 Å². The normalized spacial score (nSPS) is 13.1. The molecular formula is C24H25FN6. The number of imidazole rings is 1. The average Bonchev–Trinajstić information content (AvgIpc) is 3.18. The van der Waals surface area contributed by atoms with E-state index in [0.717, 1.165) is 17.1 Å². The summed E-state index contributed by atoms with van der Waals surface area (Å²) >= 11 is 0. The number of nitrogens with one attached hydrogen (secondary N) is 2. The molecule has 0 saturated heterocycles. The van der Waals surface area contributed by atoms with Crippen LogP contribution in [0, 0.1) is 5.82 Å². The van der Waals surface area contributed by atoms with Gasteiger partial charge in [-0.3, -0.25) is 0 Å². The standard InChI is InChI=1S/C24H25FN6/c1-15(28-16(2)17-6-4-3-5-7-17)14-21-30-22(18-8-10-19(25)11-9-18)23(31-21)20-12-13-27-24(26)29-20/h3-13,15-16,28H,14H2,1-2H3,(H,30,31)(H2,26,27,29). The van der Waals surface area contributed by atoms with E-state index in [4.69, 9.17) is 10.7 Å². The first kappa shape index (κ1) is 20.7. The summed E-state index contributed by atoms with van der Waals surface area (Å²) in [6.45, 7) is 4.27. The first-order valence-electron chi connectivity index (χ1n) is 10.2. The van der Waals surface area contributed by atoms with Crippen molar-refractivity contribution >= 4 is 5.95 Å². The average molecular weight is 417 g/mol. The van der Waals surface area contributed by atoms with E-state index in [-0.39, 0.29) is 23.8 Å². The molecule has 2 atom stereocenters. The smallest absolute Gasteiger partial charge is 0.220 e. The zero-order valence-corrected chi connectivity index (χ0v) is 17.5. The molecule has 0 radical (unpaired) electrons. The Hall–Kier alpha value is -3.58. The fourth-order valence-corrected chi connectivity index (χ4v) is 3.65. The highest BCUT2D eigenvalue weighted by Crippen LogP contribution is 2.30. The number of hydrogen-bond donors (Lipinski definition) is 3. The van der Waals surface area contributed by atoms with Gasteiger partial charge in [-0.15, -0.1) is 0 Å². The molecule has 4 rings (SSSR count). The lowest BCUT2D eigenvalue weighted by Crippen LogP contribution is -2.31. The number of aromatic nitrogens is 4. The highest BCUT2D eigenvalue weighted by molar-refractivity contribution is 5.76. The van der Waals surface area contributed by atoms with Gasteiger partial charge in [-0.25, -0.2) is 19.3 Å². The van der Waals surface area contributed by atoms with Gasteiger partial charge in [-0.1, -0.05) is 30.3 Å². The number of benzene rings is 2. The molecule has 0 amide bonds. The highest BCUT2D eigenvalue weighted by Gasteiger charge is 2.18. The molecule has 2 unspecified atom stereocenters. The summed E-state index contributed by atoms with van der Waals surface area (Å²) in [4.78, 5) is 16.5. The van der Waals surface area contributed by atoms with Gasteiger partial charge in [0.2, 0.25) is 5.95 Å². The Morgan fingerprint density at radius 2 is 1.74 bits per heavy atom. The molecule has 6 nitrogen and oxygen atoms in total. The Kier molecular flexibility index (Phi) is 6.04. The summed E-state index contributed by atoms with van der Waals surface area (Å²) in [5.74, 6) is 0.706. The van der Waals surface area contributed by atoms with E-state index in [2.05, 4.69) is 46.2 Å². The lowest BCUT2D eigenvalue weighted by molar-refractivity contribution is 0.471. The Morgan fingerprint density at radius 3 is 2.45 bits per heavy atom. The number of rotatable bonds is 7. The third-order valence-electron chi connectivity index (χ3n) is 5.13. The van der Waals surface area contributed by atoms with Crippen molar-refractivity contribution < 1.29 is 4.39 Å². The van der Waals surface area contributed by atoms with Crippen molar-refractivity contribution in [3.05, 3.63) is 84.1 Å². The Labute approximate surface area is 180 Å². The van der Waals surface area contributed by atoms with Gasteiger partial charge in [0.05, 0.1) is 17.1 Å². The molecule has 0 aliphatic heterocycles. The number of anilines is 1. The van der Waals surface area contributed by atoms with Crippen molar-refractivity contribution in [3.63, 3.8) is 0 Å². The second kappa shape index (κ2) is 9.06. The van der Waals surface area contributed by atoms with Gasteiger partial charge in [0.1, 0.15) is 11.6 Å². The van der Waals surface area contributed by atoms with E-state index in [0.29, 0.717) is 17.8 Å². The van der Waals surface area contributed by atoms with Gasteiger partial charge in [0, 0.05) is 30.3 Å². The molecule has 7 heteroatoms. The molecule has 2 aromatic heterocycles. The molecule has 31 heavy (non-hydrogen) atoms. The van der Waals surface area contributed by atoms with E-state index >= 15 is 0 Å². The molecule has 4 N–H and O–H groups in total. The molecule has 0 aliphatic carbocycles. The first-order valence-corrected chi connectivity index (χ1v) is 10.2. The van der Waals surface area contributed by atoms with E-state index in [9.17, 15) is 4.39 Å². The van der Waals surface area contributed by atoms with Crippen molar-refractivity contribution in [2.75, 3.05) is 5.73 Å². The van der Waals surface area contributed by atoms with Crippen LogP contribution in [0.15, 0.2) is 66.9 Å². The quantitative estimate of drug-likeness (QED) is 0.411. The predicted octanol–water partition coefficient (Wildman–Crippen LogP) is 4.54. The molecule has 0 aliphatic rings. The van der Waals surface area contributed by atoms with Crippen molar-refractivity contribution in [2.24, 2.45) is 0 Å². The van der Waals surface area contributed by atoms with Crippen LogP contribution in [-0.4, -0.2) is 26.0 Å². The van der Waals surface area contributed by atoms with Crippen LogP contribution in [-0.2, 0) is 6.42 Å². The minimum atomic E-state index is -0.292. The van der Waals surface area contributed by atoms with E-state index in [1.807, 2.05) is 18.2 Å². The van der Waals surface area contributed by atoms with E-state index in [1.54, 1.807) is 24.4 Å². The number of aromatic amines is 1. The van der Waals surface area contributed by atoms with Crippen LogP contribution in [0.5, 0.6) is 0 Å². The van der Waals surface area contributed by atoms with Gasteiger partial charge >= 0.3 is 0 Å². The van der Waals surface area contributed by atoms with Crippen LogP contribution in [0.3, 0.4) is 0 Å². The van der Waals surface area contributed by atoms with Crippen LogP contribution < -0.4 is 11.1 Å². The van der Waals surface area contributed by atoms with Crippen LogP contribution in [0.4, 0.5) is 10.3 Å². The molecule has 0 fully saturated rings. The lowest BCUT2D eigenvalue weighted by atomic mass is 10.1. The third kappa shape index (κ3) is 4.95. The van der Waals surface area contributed by atoms with Crippen molar-refractivity contribution in [1.29, 1.82) is 0 Å². The summed E-state index contributed by atoms with van der Waals surface area (Å²) in [7, 11) is 0. The zero-order chi connectivity index (χ0) is 21.8. The van der Waals surface area contributed by atoms with E-state index < -0.39 is 0 Å². The number of H-pyrrole nitrogens is 1. The Bertz CT molecular complexity index is 1140. The minimum absolute atomic E-state index is 0.172. The zero-order valence-electron chi connectivity index (χ0n) is 17.5. The van der Waals surface area contributed by atoms with Crippen molar-refractivity contribution in [1.82, 2.24) is 25.3 Å². The molecule has 0 saturated carbocycles. The van der Waals surface area contributed by atoms with Crippen molar-refractivity contribution in [3.8, 4) is 22.6 Å². The molecular weight excluding hydrogens is 391 g/mol. The van der Waals surface area contributed by atoms with Crippen LogP contribution >= 0.6 is 0 Å². The maximum atomic E-state index is 13.4. The molecule has 0 spiro atoms. The molecule has 2 aromatic carbocycles. The summed E-state index contributed by atoms with van der Waals surface area (Å²) in [5, 5.41) is 3.61. The minimum Gasteiger partial charge on any atom is -0.368 e. The summed E-state index contributed by atoms with van der Waals surface area (Å²) in [6, 6.07) is 18.8. The lowest BCUT2D eigenvalue weighted by Gasteiger charge is -2.19. The number of nitrogens with zero attached hydrogens (tertiary/aromatic N) is 3. The van der Waals surface area contributed by atoms with Gasteiger partial charge in [-0.05, 0) is 49.7 Å². The van der Waals surface area contributed by atoms with Gasteiger partial charge < -0.3 is 16.0 Å². The monoisotopic (exact) mass is 416 g/mol. The van der Waals surface area contributed by atoms with Gasteiger partial charge in [-0.2, -0.15) is 0 Å². The largest absolute Gasteiger partial charge is 0.368 e.